The first-order chi connectivity index (χ1) is 27.0. The number of anilines is 1. The van der Waals surface area contributed by atoms with E-state index in [0.717, 1.165) is 24.8 Å². The Morgan fingerprint density at radius 3 is 2.56 bits per heavy atom. The van der Waals surface area contributed by atoms with Crippen molar-refractivity contribution in [3.05, 3.63) is 65.2 Å². The van der Waals surface area contributed by atoms with Gasteiger partial charge in [-0.25, -0.2) is 19.6 Å². The molecule has 1 aromatic carbocycles. The number of nitrogens with zero attached hydrogens (tertiary/aromatic N) is 3. The number of benzene rings is 1. The average molecular weight is 821 g/mol. The summed E-state index contributed by atoms with van der Waals surface area (Å²) in [5.41, 5.74) is -0.0634. The van der Waals surface area contributed by atoms with Crippen molar-refractivity contribution in [2.75, 3.05) is 19.0 Å². The summed E-state index contributed by atoms with van der Waals surface area (Å²) in [5.74, 6) is -2.11. The number of carbonyl (C=O) groups excluding carboxylic acids is 3. The minimum absolute atomic E-state index is 0.00790. The van der Waals surface area contributed by atoms with E-state index in [1.54, 1.807) is 39.0 Å². The molecule has 14 nitrogen and oxygen atoms in total. The van der Waals surface area contributed by atoms with Gasteiger partial charge in [0.15, 0.2) is 5.13 Å². The third-order valence-corrected chi connectivity index (χ3v) is 11.4. The van der Waals surface area contributed by atoms with E-state index in [1.165, 1.54) is 35.7 Å². The fraction of sp³-hybridized carbons (Fsp3) is 0.463. The van der Waals surface area contributed by atoms with Gasteiger partial charge in [-0.15, -0.1) is 17.9 Å². The lowest BCUT2D eigenvalue weighted by atomic mass is 9.85. The fourth-order valence-corrected chi connectivity index (χ4v) is 8.24. The van der Waals surface area contributed by atoms with E-state index in [1.807, 2.05) is 31.4 Å². The number of aromatic nitrogens is 2. The van der Waals surface area contributed by atoms with Crippen LogP contribution >= 0.6 is 22.9 Å². The Bertz CT molecular complexity index is 2130. The third-order valence-electron chi connectivity index (χ3n) is 10.3. The number of methoxy groups -OCH3 is 1. The van der Waals surface area contributed by atoms with Crippen LogP contribution in [0.5, 0.6) is 11.5 Å². The minimum Gasteiger partial charge on any atom is -0.495 e. The number of rotatable bonds is 13. The summed E-state index contributed by atoms with van der Waals surface area (Å²) in [6, 6.07) is 3.08. The average Bonchev–Trinajstić information content (AvgIpc) is 3.43. The zero-order chi connectivity index (χ0) is 41.2. The first kappa shape index (κ1) is 41.5. The molecule has 2 fully saturated rings. The number of allylic oxidation sites excluding steroid dienone is 3. The molecule has 3 heterocycles. The van der Waals surface area contributed by atoms with Gasteiger partial charge >= 0.3 is 12.1 Å². The Morgan fingerprint density at radius 1 is 1.16 bits per heavy atom. The van der Waals surface area contributed by atoms with E-state index in [-0.39, 0.29) is 30.5 Å². The van der Waals surface area contributed by atoms with Crippen molar-refractivity contribution in [1.29, 1.82) is 0 Å². The van der Waals surface area contributed by atoms with Gasteiger partial charge in [-0.2, -0.15) is 0 Å². The van der Waals surface area contributed by atoms with Crippen LogP contribution in [-0.2, 0) is 19.1 Å². The largest absolute Gasteiger partial charge is 0.495 e. The van der Waals surface area contributed by atoms with Crippen LogP contribution in [0.1, 0.15) is 66.7 Å². The molecular formula is C41H49ClN6O8S. The molecule has 2 aromatic heterocycles. The summed E-state index contributed by atoms with van der Waals surface area (Å²) in [7, 11) is 1.51. The maximum atomic E-state index is 14.6. The SMILES string of the molecule is C=CC1C[C@]1(NC(=O)C1C[C@@H](Oc2cc(-c3csc(NC(C)C)n3)nc3c(Cl)c(OC)ccc23)CN1C(=O)C(NC(=O)O/C=C1\C=CCCC1)C(C)(C)C)C(=O)O. The van der Waals surface area contributed by atoms with Crippen LogP contribution in [0, 0.1) is 11.3 Å². The molecule has 57 heavy (non-hydrogen) atoms. The number of alkyl carbamates (subject to hydrolysis) is 1. The molecule has 3 aliphatic rings. The molecule has 1 saturated carbocycles. The lowest BCUT2D eigenvalue weighted by Crippen LogP contribution is -2.59. The molecule has 0 bridgehead atoms. The van der Waals surface area contributed by atoms with Crippen molar-refractivity contribution in [2.24, 2.45) is 11.3 Å². The highest BCUT2D eigenvalue weighted by Gasteiger charge is 2.61. The van der Waals surface area contributed by atoms with Crippen molar-refractivity contribution < 1.29 is 38.5 Å². The number of nitrogens with one attached hydrogen (secondary N) is 3. The van der Waals surface area contributed by atoms with Gasteiger partial charge in [-0.3, -0.25) is 9.59 Å². The number of aliphatic carboxylic acids is 1. The second-order valence-corrected chi connectivity index (χ2v) is 17.2. The van der Waals surface area contributed by atoms with Crippen LogP contribution in [0.15, 0.2) is 60.2 Å². The molecule has 3 aromatic rings. The number of carbonyl (C=O) groups is 4. The quantitative estimate of drug-likeness (QED) is 0.102. The Hall–Kier alpha value is -5.15. The van der Waals surface area contributed by atoms with Gasteiger partial charge in [0.2, 0.25) is 11.8 Å². The van der Waals surface area contributed by atoms with E-state index < -0.39 is 58.9 Å². The number of hydrogen-bond donors (Lipinski definition) is 4. The summed E-state index contributed by atoms with van der Waals surface area (Å²) < 4.78 is 17.6. The number of carboxylic acid groups (broad SMARTS) is 1. The molecule has 3 amide bonds. The predicted molar refractivity (Wildman–Crippen MR) is 218 cm³/mol. The van der Waals surface area contributed by atoms with Crippen molar-refractivity contribution in [3.8, 4) is 22.9 Å². The summed E-state index contributed by atoms with van der Waals surface area (Å²) >= 11 is 8.24. The monoisotopic (exact) mass is 820 g/mol. The maximum absolute atomic E-state index is 14.6. The van der Waals surface area contributed by atoms with Crippen LogP contribution in [0.2, 0.25) is 5.02 Å². The van der Waals surface area contributed by atoms with Gasteiger partial charge in [0.25, 0.3) is 0 Å². The van der Waals surface area contributed by atoms with Gasteiger partial charge in [0, 0.05) is 35.2 Å². The molecule has 16 heteroatoms. The van der Waals surface area contributed by atoms with Crippen molar-refractivity contribution >= 4 is 62.8 Å². The molecule has 1 saturated heterocycles. The third kappa shape index (κ3) is 9.04. The number of pyridine rings is 1. The summed E-state index contributed by atoms with van der Waals surface area (Å²) in [6.07, 6.45) is 8.02. The number of halogens is 1. The highest BCUT2D eigenvalue weighted by molar-refractivity contribution is 7.14. The van der Waals surface area contributed by atoms with Crippen LogP contribution in [0.4, 0.5) is 9.93 Å². The molecule has 2 aliphatic carbocycles. The first-order valence-electron chi connectivity index (χ1n) is 18.9. The number of likely N-dealkylation sites (tertiary alicyclic amines) is 1. The fourth-order valence-electron chi connectivity index (χ4n) is 7.11. The van der Waals surface area contributed by atoms with E-state index in [4.69, 9.17) is 35.8 Å². The standard InChI is InChI=1S/C41H49ClN6O8S/c1-8-24-18-41(24,37(51)52)47-35(49)29-16-25(19-48(29)36(50)34(40(4,5)6)46-39(53)55-20-23-12-10-9-11-13-23)56-31-17-27(28-21-57-38(45-28)43-22(2)3)44-33-26(31)14-15-30(54-7)32(33)42/h8,10,12,14-15,17,20-22,24-25,29,34H,1,9,11,13,16,18-19H2,2-7H3,(H,43,45)(H,46,53)(H,47,49)(H,51,52)/b23-20+/t24?,25-,29?,34?,41-/m1/s1. The zero-order valence-corrected chi connectivity index (χ0v) is 34.5. The molecule has 0 spiro atoms. The number of hydrogen-bond acceptors (Lipinski definition) is 11. The topological polar surface area (TPSA) is 181 Å². The summed E-state index contributed by atoms with van der Waals surface area (Å²) in [5, 5.41) is 22.2. The summed E-state index contributed by atoms with van der Waals surface area (Å²) in [4.78, 5) is 65.2. The van der Waals surface area contributed by atoms with E-state index >= 15 is 0 Å². The first-order valence-corrected chi connectivity index (χ1v) is 20.2. The molecule has 304 valence electrons. The normalized spacial score (nSPS) is 22.9. The number of amides is 3. The number of ether oxygens (including phenoxy) is 3. The van der Waals surface area contributed by atoms with Gasteiger partial charge in [0.05, 0.1) is 31.1 Å². The van der Waals surface area contributed by atoms with E-state index in [0.29, 0.717) is 38.9 Å². The van der Waals surface area contributed by atoms with Gasteiger partial charge in [-0.05, 0) is 62.7 Å². The van der Waals surface area contributed by atoms with Crippen molar-refractivity contribution in [2.45, 2.75) is 96.5 Å². The zero-order valence-electron chi connectivity index (χ0n) is 32.9. The molecule has 3 unspecified atom stereocenters. The smallest absolute Gasteiger partial charge is 0.412 e. The number of fused-ring (bicyclic) bond motifs is 1. The Labute approximate surface area is 340 Å². The molecule has 1 aliphatic heterocycles. The maximum Gasteiger partial charge on any atom is 0.412 e. The van der Waals surface area contributed by atoms with E-state index in [2.05, 4.69) is 22.5 Å². The molecule has 6 rings (SSSR count). The molecule has 4 N–H and O–H groups in total. The van der Waals surface area contributed by atoms with Gasteiger partial charge in [0.1, 0.15) is 45.9 Å². The molecular weight excluding hydrogens is 772 g/mol. The highest BCUT2D eigenvalue weighted by atomic mass is 35.5. The number of carboxylic acids is 1. The molecule has 0 radical (unpaired) electrons. The molecule has 5 atom stereocenters. The van der Waals surface area contributed by atoms with E-state index in [9.17, 15) is 24.3 Å². The second kappa shape index (κ2) is 16.8. The van der Waals surface area contributed by atoms with Crippen LogP contribution in [-0.4, -0.2) is 87.3 Å². The summed E-state index contributed by atoms with van der Waals surface area (Å²) in [6.45, 7) is 13.1. The Balaban J connectivity index is 1.34. The predicted octanol–water partition coefficient (Wildman–Crippen LogP) is 7.10. The lowest BCUT2D eigenvalue weighted by molar-refractivity contribution is -0.146. The Morgan fingerprint density at radius 2 is 1.93 bits per heavy atom. The van der Waals surface area contributed by atoms with Crippen LogP contribution in [0.3, 0.4) is 0 Å². The minimum atomic E-state index is -1.54. The van der Waals surface area contributed by atoms with Crippen LogP contribution < -0.4 is 25.4 Å². The van der Waals surface area contributed by atoms with Gasteiger partial charge in [-0.1, -0.05) is 50.6 Å². The van der Waals surface area contributed by atoms with Crippen molar-refractivity contribution in [1.82, 2.24) is 25.5 Å². The highest BCUT2D eigenvalue weighted by Crippen LogP contribution is 2.45. The van der Waals surface area contributed by atoms with Crippen LogP contribution in [0.25, 0.3) is 22.3 Å². The Kier molecular flexibility index (Phi) is 12.2. The lowest BCUT2D eigenvalue weighted by Gasteiger charge is -2.35. The van der Waals surface area contributed by atoms with Gasteiger partial charge < -0.3 is 40.2 Å². The second-order valence-electron chi connectivity index (χ2n) is 16.0. The van der Waals surface area contributed by atoms with Crippen molar-refractivity contribution in [3.63, 3.8) is 0 Å². The number of thiazole rings is 1.